The van der Waals surface area contributed by atoms with E-state index in [1.807, 2.05) is 0 Å². The average Bonchev–Trinajstić information content (AvgIpc) is 2.89. The minimum absolute atomic E-state index is 0.142. The lowest BCUT2D eigenvalue weighted by Gasteiger charge is -2.25. The van der Waals surface area contributed by atoms with Gasteiger partial charge in [-0.05, 0) is 5.56 Å². The van der Waals surface area contributed by atoms with Crippen LogP contribution in [0.5, 0.6) is 0 Å². The first-order valence-electron chi connectivity index (χ1n) is 6.29. The molecular weight excluding hydrogens is 224 g/mol. The highest BCUT2D eigenvalue weighted by Gasteiger charge is 2.19. The molecule has 0 amide bonds. The lowest BCUT2D eigenvalue weighted by molar-refractivity contribution is 0.470. The van der Waals surface area contributed by atoms with Crippen LogP contribution in [0.25, 0.3) is 0 Å². The normalized spacial score (nSPS) is 11.7. The minimum atomic E-state index is 0.142. The summed E-state index contributed by atoms with van der Waals surface area (Å²) in [4.78, 5) is 4.10. The van der Waals surface area contributed by atoms with Crippen LogP contribution in [0.3, 0.4) is 0 Å². The summed E-state index contributed by atoms with van der Waals surface area (Å²) in [5, 5.41) is 10.2. The van der Waals surface area contributed by atoms with Crippen molar-refractivity contribution in [2.24, 2.45) is 0 Å². The van der Waals surface area contributed by atoms with Crippen molar-refractivity contribution in [3.8, 4) is 0 Å². The van der Waals surface area contributed by atoms with Crippen LogP contribution in [-0.4, -0.2) is 28.3 Å². The van der Waals surface area contributed by atoms with Gasteiger partial charge in [-0.15, -0.1) is 0 Å². The van der Waals surface area contributed by atoms with E-state index in [0.717, 1.165) is 25.3 Å². The van der Waals surface area contributed by atoms with Gasteiger partial charge in [0.25, 0.3) is 0 Å². The SMILES string of the molecule is CC(C)(CNCCc1ncn[nH]1)c1ccccc1. The van der Waals surface area contributed by atoms with E-state index in [4.69, 9.17) is 0 Å². The third-order valence-electron chi connectivity index (χ3n) is 3.13. The third kappa shape index (κ3) is 3.40. The standard InChI is InChI=1S/C14H20N4/c1-14(2,12-6-4-3-5-7-12)10-15-9-8-13-16-11-17-18-13/h3-7,11,15H,8-10H2,1-2H3,(H,16,17,18). The zero-order chi connectivity index (χ0) is 12.8. The van der Waals surface area contributed by atoms with Gasteiger partial charge in [0.2, 0.25) is 0 Å². The maximum absolute atomic E-state index is 4.10. The Bertz CT molecular complexity index is 448. The van der Waals surface area contributed by atoms with Crippen molar-refractivity contribution in [3.05, 3.63) is 48.0 Å². The van der Waals surface area contributed by atoms with Gasteiger partial charge in [0.15, 0.2) is 0 Å². The molecule has 2 rings (SSSR count). The van der Waals surface area contributed by atoms with Crippen LogP contribution in [0.4, 0.5) is 0 Å². The first-order valence-corrected chi connectivity index (χ1v) is 6.29. The highest BCUT2D eigenvalue weighted by molar-refractivity contribution is 5.23. The molecule has 0 bridgehead atoms. The molecule has 2 aromatic rings. The molecule has 1 aromatic carbocycles. The van der Waals surface area contributed by atoms with E-state index >= 15 is 0 Å². The second-order valence-corrected chi connectivity index (χ2v) is 5.11. The third-order valence-corrected chi connectivity index (χ3v) is 3.13. The summed E-state index contributed by atoms with van der Waals surface area (Å²) >= 11 is 0. The minimum Gasteiger partial charge on any atom is -0.315 e. The maximum atomic E-state index is 4.10. The Morgan fingerprint density at radius 1 is 1.22 bits per heavy atom. The quantitative estimate of drug-likeness (QED) is 0.763. The van der Waals surface area contributed by atoms with Crippen LogP contribution in [-0.2, 0) is 11.8 Å². The highest BCUT2D eigenvalue weighted by atomic mass is 15.2. The van der Waals surface area contributed by atoms with Crippen molar-refractivity contribution in [1.82, 2.24) is 20.5 Å². The van der Waals surface area contributed by atoms with Crippen LogP contribution in [0.1, 0.15) is 25.2 Å². The zero-order valence-electron chi connectivity index (χ0n) is 11.0. The molecule has 0 fully saturated rings. The molecule has 0 saturated carbocycles. The fourth-order valence-electron chi connectivity index (χ4n) is 1.95. The van der Waals surface area contributed by atoms with Crippen LogP contribution in [0, 0.1) is 0 Å². The molecule has 0 spiro atoms. The Morgan fingerprint density at radius 3 is 2.67 bits per heavy atom. The zero-order valence-corrected chi connectivity index (χ0v) is 11.0. The van der Waals surface area contributed by atoms with E-state index in [1.165, 1.54) is 5.56 Å². The monoisotopic (exact) mass is 244 g/mol. The maximum Gasteiger partial charge on any atom is 0.137 e. The summed E-state index contributed by atoms with van der Waals surface area (Å²) in [7, 11) is 0. The van der Waals surface area contributed by atoms with E-state index < -0.39 is 0 Å². The molecule has 0 radical (unpaired) electrons. The van der Waals surface area contributed by atoms with Crippen LogP contribution in [0.2, 0.25) is 0 Å². The van der Waals surface area contributed by atoms with E-state index in [0.29, 0.717) is 0 Å². The molecule has 96 valence electrons. The Kier molecular flexibility index (Phi) is 4.10. The average molecular weight is 244 g/mol. The van der Waals surface area contributed by atoms with Gasteiger partial charge in [0.1, 0.15) is 12.2 Å². The van der Waals surface area contributed by atoms with Crippen LogP contribution >= 0.6 is 0 Å². The van der Waals surface area contributed by atoms with E-state index in [-0.39, 0.29) is 5.41 Å². The van der Waals surface area contributed by atoms with Crippen molar-refractivity contribution in [2.75, 3.05) is 13.1 Å². The number of aromatic nitrogens is 3. The first kappa shape index (κ1) is 12.8. The number of nitrogens with zero attached hydrogens (tertiary/aromatic N) is 2. The van der Waals surface area contributed by atoms with Gasteiger partial charge in [-0.1, -0.05) is 44.2 Å². The Balaban J connectivity index is 1.79. The fourth-order valence-corrected chi connectivity index (χ4v) is 1.95. The molecular formula is C14H20N4. The number of hydrogen-bond acceptors (Lipinski definition) is 3. The molecule has 0 aliphatic heterocycles. The summed E-state index contributed by atoms with van der Waals surface area (Å²) in [6, 6.07) is 10.6. The van der Waals surface area contributed by atoms with E-state index in [9.17, 15) is 0 Å². The van der Waals surface area contributed by atoms with Crippen molar-refractivity contribution in [2.45, 2.75) is 25.7 Å². The summed E-state index contributed by atoms with van der Waals surface area (Å²) in [5.74, 6) is 0.931. The lowest BCUT2D eigenvalue weighted by Crippen LogP contribution is -2.34. The van der Waals surface area contributed by atoms with Gasteiger partial charge in [0, 0.05) is 24.9 Å². The van der Waals surface area contributed by atoms with E-state index in [1.54, 1.807) is 6.33 Å². The Labute approximate surface area is 108 Å². The van der Waals surface area contributed by atoms with Crippen LogP contribution in [0.15, 0.2) is 36.7 Å². The first-order chi connectivity index (χ1) is 8.68. The van der Waals surface area contributed by atoms with Gasteiger partial charge in [0.05, 0.1) is 0 Å². The van der Waals surface area contributed by atoms with Gasteiger partial charge in [-0.2, -0.15) is 5.10 Å². The second kappa shape index (κ2) is 5.78. The number of H-pyrrole nitrogens is 1. The number of aromatic amines is 1. The molecule has 0 aliphatic carbocycles. The molecule has 0 saturated heterocycles. The van der Waals surface area contributed by atoms with Gasteiger partial charge < -0.3 is 5.32 Å². The summed E-state index contributed by atoms with van der Waals surface area (Å²) in [5.41, 5.74) is 1.50. The van der Waals surface area contributed by atoms with Crippen molar-refractivity contribution >= 4 is 0 Å². The lowest BCUT2D eigenvalue weighted by atomic mass is 9.84. The predicted octanol–water partition coefficient (Wildman–Crippen LogP) is 1.91. The number of hydrogen-bond donors (Lipinski definition) is 2. The number of rotatable bonds is 6. The second-order valence-electron chi connectivity index (χ2n) is 5.11. The van der Waals surface area contributed by atoms with Crippen LogP contribution < -0.4 is 5.32 Å². The molecule has 4 heteroatoms. The smallest absolute Gasteiger partial charge is 0.137 e. The van der Waals surface area contributed by atoms with Crippen molar-refractivity contribution in [3.63, 3.8) is 0 Å². The molecule has 1 aromatic heterocycles. The predicted molar refractivity (Wildman–Crippen MR) is 72.4 cm³/mol. The van der Waals surface area contributed by atoms with Gasteiger partial charge in [-0.3, -0.25) is 5.10 Å². The fraction of sp³-hybridized carbons (Fsp3) is 0.429. The Hall–Kier alpha value is -1.68. The summed E-state index contributed by atoms with van der Waals surface area (Å²) in [6.45, 7) is 6.37. The molecule has 18 heavy (non-hydrogen) atoms. The molecule has 2 N–H and O–H groups in total. The molecule has 1 heterocycles. The topological polar surface area (TPSA) is 53.6 Å². The Morgan fingerprint density at radius 2 is 2.00 bits per heavy atom. The van der Waals surface area contributed by atoms with Crippen molar-refractivity contribution < 1.29 is 0 Å². The summed E-state index contributed by atoms with van der Waals surface area (Å²) < 4.78 is 0. The highest BCUT2D eigenvalue weighted by Crippen LogP contribution is 2.21. The number of nitrogens with one attached hydrogen (secondary N) is 2. The van der Waals surface area contributed by atoms with E-state index in [2.05, 4.69) is 64.7 Å². The molecule has 0 unspecified atom stereocenters. The largest absolute Gasteiger partial charge is 0.315 e. The molecule has 0 atom stereocenters. The summed E-state index contributed by atoms with van der Waals surface area (Å²) in [6.07, 6.45) is 2.42. The number of benzene rings is 1. The van der Waals surface area contributed by atoms with Crippen molar-refractivity contribution in [1.29, 1.82) is 0 Å². The molecule has 4 nitrogen and oxygen atoms in total. The molecule has 0 aliphatic rings. The van der Waals surface area contributed by atoms with Gasteiger partial charge >= 0.3 is 0 Å². The van der Waals surface area contributed by atoms with Gasteiger partial charge in [-0.25, -0.2) is 4.98 Å².